The van der Waals surface area contributed by atoms with Crippen LogP contribution in [0.2, 0.25) is 0 Å². The molecule has 1 fully saturated rings. The lowest BCUT2D eigenvalue weighted by Crippen LogP contribution is -2.21. The van der Waals surface area contributed by atoms with Crippen LogP contribution in [0.25, 0.3) is 0 Å². The zero-order chi connectivity index (χ0) is 9.73. The van der Waals surface area contributed by atoms with E-state index in [9.17, 15) is 0 Å². The van der Waals surface area contributed by atoms with E-state index in [1.165, 1.54) is 51.4 Å². The lowest BCUT2D eigenvalue weighted by molar-refractivity contribution is 0.463. The Morgan fingerprint density at radius 2 is 1.85 bits per heavy atom. The number of nitrogens with two attached hydrogens (primary N) is 1. The van der Waals surface area contributed by atoms with Crippen molar-refractivity contribution >= 4 is 12.6 Å². The Morgan fingerprint density at radius 1 is 1.23 bits per heavy atom. The SMILES string of the molecule is CCC1(S)CCCCC(N)CCC1. The smallest absolute Gasteiger partial charge is 0.0127 e. The normalized spacial score (nSPS) is 37.6. The number of rotatable bonds is 1. The first kappa shape index (κ1) is 11.4. The zero-order valence-corrected chi connectivity index (χ0v) is 9.65. The molecular formula is C11H23NS. The molecule has 2 N–H and O–H groups in total. The molecule has 1 saturated carbocycles. The van der Waals surface area contributed by atoms with E-state index < -0.39 is 0 Å². The maximum absolute atomic E-state index is 5.98. The molecule has 0 spiro atoms. The average molecular weight is 201 g/mol. The van der Waals surface area contributed by atoms with E-state index in [4.69, 9.17) is 18.4 Å². The highest BCUT2D eigenvalue weighted by molar-refractivity contribution is 7.81. The Hall–Kier alpha value is 0.310. The molecule has 0 aromatic rings. The molecule has 78 valence electrons. The van der Waals surface area contributed by atoms with Gasteiger partial charge in [-0.15, -0.1) is 0 Å². The maximum Gasteiger partial charge on any atom is 0.0127 e. The van der Waals surface area contributed by atoms with Crippen molar-refractivity contribution in [2.24, 2.45) is 5.73 Å². The zero-order valence-electron chi connectivity index (χ0n) is 8.76. The second kappa shape index (κ2) is 5.26. The molecule has 1 aliphatic carbocycles. The maximum atomic E-state index is 5.98. The van der Waals surface area contributed by atoms with Gasteiger partial charge in [-0.05, 0) is 32.1 Å². The van der Waals surface area contributed by atoms with Crippen molar-refractivity contribution in [1.29, 1.82) is 0 Å². The van der Waals surface area contributed by atoms with Gasteiger partial charge in [0.1, 0.15) is 0 Å². The van der Waals surface area contributed by atoms with Crippen LogP contribution in [0.3, 0.4) is 0 Å². The van der Waals surface area contributed by atoms with Gasteiger partial charge in [-0.3, -0.25) is 0 Å². The average Bonchev–Trinajstić information content (AvgIpc) is 2.19. The van der Waals surface area contributed by atoms with Crippen LogP contribution in [0.15, 0.2) is 0 Å². The van der Waals surface area contributed by atoms with Crippen LogP contribution in [0, 0.1) is 0 Å². The fraction of sp³-hybridized carbons (Fsp3) is 1.00. The predicted octanol–water partition coefficient (Wildman–Crippen LogP) is 3.14. The molecule has 0 aromatic heterocycles. The van der Waals surface area contributed by atoms with Gasteiger partial charge in [0.05, 0.1) is 0 Å². The minimum Gasteiger partial charge on any atom is -0.328 e. The molecule has 0 heterocycles. The van der Waals surface area contributed by atoms with Crippen LogP contribution in [0.1, 0.15) is 58.3 Å². The second-order valence-corrected chi connectivity index (χ2v) is 5.42. The first-order chi connectivity index (χ1) is 6.16. The van der Waals surface area contributed by atoms with Gasteiger partial charge in [0.25, 0.3) is 0 Å². The highest BCUT2D eigenvalue weighted by Crippen LogP contribution is 2.33. The van der Waals surface area contributed by atoms with Crippen molar-refractivity contribution in [1.82, 2.24) is 0 Å². The summed E-state index contributed by atoms with van der Waals surface area (Å²) in [6.07, 6.45) is 10.0. The van der Waals surface area contributed by atoms with Crippen molar-refractivity contribution in [2.45, 2.75) is 69.1 Å². The van der Waals surface area contributed by atoms with Gasteiger partial charge in [-0.25, -0.2) is 0 Å². The Morgan fingerprint density at radius 3 is 2.54 bits per heavy atom. The summed E-state index contributed by atoms with van der Waals surface area (Å²) >= 11 is 4.80. The molecule has 0 aromatic carbocycles. The van der Waals surface area contributed by atoms with E-state index in [1.807, 2.05) is 0 Å². The topological polar surface area (TPSA) is 26.0 Å². The first-order valence-electron chi connectivity index (χ1n) is 5.64. The lowest BCUT2D eigenvalue weighted by Gasteiger charge is -2.26. The minimum absolute atomic E-state index is 0.310. The quantitative estimate of drug-likeness (QED) is 0.626. The van der Waals surface area contributed by atoms with Crippen LogP contribution in [-0.4, -0.2) is 10.8 Å². The molecule has 0 saturated heterocycles. The van der Waals surface area contributed by atoms with Crippen LogP contribution >= 0.6 is 12.6 Å². The summed E-state index contributed by atoms with van der Waals surface area (Å²) in [5, 5.41) is 0. The van der Waals surface area contributed by atoms with Gasteiger partial charge in [-0.1, -0.05) is 26.2 Å². The van der Waals surface area contributed by atoms with Gasteiger partial charge in [0.15, 0.2) is 0 Å². The van der Waals surface area contributed by atoms with Crippen LogP contribution in [-0.2, 0) is 0 Å². The van der Waals surface area contributed by atoms with E-state index >= 15 is 0 Å². The molecule has 0 bridgehead atoms. The van der Waals surface area contributed by atoms with E-state index in [0.29, 0.717) is 10.8 Å². The molecule has 2 atom stereocenters. The molecule has 1 nitrogen and oxygen atoms in total. The fourth-order valence-corrected chi connectivity index (χ4v) is 2.49. The predicted molar refractivity (Wildman–Crippen MR) is 62.3 cm³/mol. The third-order valence-corrected chi connectivity index (χ3v) is 4.11. The standard InChI is InChI=1S/C11H23NS/c1-2-11(13)8-4-3-6-10(12)7-5-9-11/h10,13H,2-9,12H2,1H3. The van der Waals surface area contributed by atoms with Crippen molar-refractivity contribution in [3.63, 3.8) is 0 Å². The minimum atomic E-state index is 0.310. The van der Waals surface area contributed by atoms with Crippen LogP contribution in [0.4, 0.5) is 0 Å². The largest absolute Gasteiger partial charge is 0.328 e. The Balaban J connectivity index is 2.43. The van der Waals surface area contributed by atoms with Gasteiger partial charge >= 0.3 is 0 Å². The third kappa shape index (κ3) is 3.90. The summed E-state index contributed by atoms with van der Waals surface area (Å²) in [5.41, 5.74) is 5.98. The van der Waals surface area contributed by atoms with E-state index in [2.05, 4.69) is 6.92 Å². The fourth-order valence-electron chi connectivity index (χ4n) is 2.18. The van der Waals surface area contributed by atoms with Crippen LogP contribution in [0.5, 0.6) is 0 Å². The molecular weight excluding hydrogens is 178 g/mol. The van der Waals surface area contributed by atoms with Crippen molar-refractivity contribution < 1.29 is 0 Å². The first-order valence-corrected chi connectivity index (χ1v) is 6.09. The summed E-state index contributed by atoms with van der Waals surface area (Å²) in [6, 6.07) is 0.451. The van der Waals surface area contributed by atoms with Gasteiger partial charge < -0.3 is 5.73 Å². The summed E-state index contributed by atoms with van der Waals surface area (Å²) < 4.78 is 0.310. The second-order valence-electron chi connectivity index (χ2n) is 4.48. The Kier molecular flexibility index (Phi) is 4.60. The lowest BCUT2D eigenvalue weighted by atomic mass is 9.93. The van der Waals surface area contributed by atoms with Crippen molar-refractivity contribution in [3.05, 3.63) is 0 Å². The Labute approximate surface area is 87.9 Å². The third-order valence-electron chi connectivity index (χ3n) is 3.34. The molecule has 1 aliphatic rings. The molecule has 0 aliphatic heterocycles. The summed E-state index contributed by atoms with van der Waals surface area (Å²) in [5.74, 6) is 0. The highest BCUT2D eigenvalue weighted by atomic mass is 32.1. The highest BCUT2D eigenvalue weighted by Gasteiger charge is 2.23. The van der Waals surface area contributed by atoms with Gasteiger partial charge in [-0.2, -0.15) is 12.6 Å². The number of hydrogen-bond acceptors (Lipinski definition) is 2. The molecule has 13 heavy (non-hydrogen) atoms. The van der Waals surface area contributed by atoms with Crippen molar-refractivity contribution in [3.8, 4) is 0 Å². The molecule has 1 rings (SSSR count). The van der Waals surface area contributed by atoms with Crippen molar-refractivity contribution in [2.75, 3.05) is 0 Å². The Bertz CT molecular complexity index is 149. The summed E-state index contributed by atoms with van der Waals surface area (Å²) in [4.78, 5) is 0. The van der Waals surface area contributed by atoms with E-state index in [-0.39, 0.29) is 0 Å². The van der Waals surface area contributed by atoms with E-state index in [0.717, 1.165) is 0 Å². The van der Waals surface area contributed by atoms with Crippen LogP contribution < -0.4 is 5.73 Å². The number of hydrogen-bond donors (Lipinski definition) is 2. The molecule has 2 unspecified atom stereocenters. The molecule has 0 amide bonds. The number of thiol groups is 1. The van der Waals surface area contributed by atoms with E-state index in [1.54, 1.807) is 0 Å². The molecule has 2 heteroatoms. The monoisotopic (exact) mass is 201 g/mol. The summed E-state index contributed by atoms with van der Waals surface area (Å²) in [6.45, 7) is 2.25. The summed E-state index contributed by atoms with van der Waals surface area (Å²) in [7, 11) is 0. The van der Waals surface area contributed by atoms with Gasteiger partial charge in [0, 0.05) is 10.8 Å². The van der Waals surface area contributed by atoms with Gasteiger partial charge in [0.2, 0.25) is 0 Å². The molecule has 0 radical (unpaired) electrons.